The molecule has 19 heavy (non-hydrogen) atoms. The van der Waals surface area contributed by atoms with Crippen molar-refractivity contribution in [2.75, 3.05) is 10.6 Å². The number of nitrogens with zero attached hydrogens (tertiary/aromatic N) is 1. The number of anilines is 2. The van der Waals surface area contributed by atoms with Crippen LogP contribution in [0.1, 0.15) is 23.4 Å². The van der Waals surface area contributed by atoms with Gasteiger partial charge in [0, 0.05) is 25.2 Å². The van der Waals surface area contributed by atoms with Gasteiger partial charge in [-0.05, 0) is 18.2 Å². The molecule has 98 valence electrons. The lowest BCUT2D eigenvalue weighted by atomic mass is 10.2. The maximum absolute atomic E-state index is 11.8. The highest BCUT2D eigenvalue weighted by Gasteiger charge is 2.11. The van der Waals surface area contributed by atoms with Gasteiger partial charge in [-0.1, -0.05) is 6.07 Å². The van der Waals surface area contributed by atoms with E-state index in [0.29, 0.717) is 17.3 Å². The second-order valence-electron chi connectivity index (χ2n) is 3.96. The van der Waals surface area contributed by atoms with Crippen molar-refractivity contribution in [2.24, 2.45) is 0 Å². The summed E-state index contributed by atoms with van der Waals surface area (Å²) in [5, 5.41) is 5.30. The maximum atomic E-state index is 11.8. The van der Waals surface area contributed by atoms with Crippen molar-refractivity contribution in [2.45, 2.75) is 13.8 Å². The highest BCUT2D eigenvalue weighted by molar-refractivity contribution is 6.02. The molecule has 0 aliphatic heterocycles. The molecule has 0 aliphatic rings. The van der Waals surface area contributed by atoms with Gasteiger partial charge in [-0.3, -0.25) is 9.59 Å². The Morgan fingerprint density at radius 1 is 1.21 bits per heavy atom. The molecule has 2 N–H and O–H groups in total. The summed E-state index contributed by atoms with van der Waals surface area (Å²) in [5.41, 5.74) is 1.17. The van der Waals surface area contributed by atoms with Crippen molar-refractivity contribution in [1.29, 1.82) is 0 Å². The molecule has 6 heteroatoms. The number of aromatic nitrogens is 1. The third-order valence-electron chi connectivity index (χ3n) is 2.29. The second kappa shape index (κ2) is 5.34. The first-order chi connectivity index (χ1) is 9.04. The lowest BCUT2D eigenvalue weighted by molar-refractivity contribution is -0.114. The van der Waals surface area contributed by atoms with Crippen LogP contribution < -0.4 is 10.6 Å². The number of hydrogen-bond acceptors (Lipinski definition) is 4. The van der Waals surface area contributed by atoms with E-state index in [4.69, 9.17) is 4.42 Å². The van der Waals surface area contributed by atoms with Crippen LogP contribution in [0.3, 0.4) is 0 Å². The molecule has 0 radical (unpaired) electrons. The number of rotatable bonds is 3. The first kappa shape index (κ1) is 12.8. The molecule has 0 spiro atoms. The van der Waals surface area contributed by atoms with Crippen molar-refractivity contribution >= 4 is 23.2 Å². The van der Waals surface area contributed by atoms with E-state index in [1.807, 2.05) is 0 Å². The molecule has 2 aromatic rings. The van der Waals surface area contributed by atoms with Crippen LogP contribution in [0.15, 0.2) is 34.9 Å². The summed E-state index contributed by atoms with van der Waals surface area (Å²) in [6.07, 6.45) is 1.36. The summed E-state index contributed by atoms with van der Waals surface area (Å²) in [7, 11) is 0. The van der Waals surface area contributed by atoms with E-state index in [2.05, 4.69) is 15.6 Å². The van der Waals surface area contributed by atoms with E-state index >= 15 is 0 Å². The molecule has 2 amide bonds. The van der Waals surface area contributed by atoms with E-state index in [9.17, 15) is 9.59 Å². The van der Waals surface area contributed by atoms with Crippen LogP contribution >= 0.6 is 0 Å². The molecule has 1 aromatic carbocycles. The zero-order valence-corrected chi connectivity index (χ0v) is 10.6. The first-order valence-electron chi connectivity index (χ1n) is 5.66. The molecule has 0 fully saturated rings. The third-order valence-corrected chi connectivity index (χ3v) is 2.29. The zero-order chi connectivity index (χ0) is 13.8. The van der Waals surface area contributed by atoms with Gasteiger partial charge in [0.1, 0.15) is 0 Å². The number of benzene rings is 1. The number of carbonyl (C=O) groups excluding carboxylic acids is 2. The lowest BCUT2D eigenvalue weighted by Crippen LogP contribution is -2.11. The molecule has 1 heterocycles. The number of hydrogen-bond donors (Lipinski definition) is 2. The molecular formula is C13H13N3O3. The molecule has 0 bridgehead atoms. The first-order valence-corrected chi connectivity index (χ1v) is 5.66. The summed E-state index contributed by atoms with van der Waals surface area (Å²) >= 11 is 0. The number of carbonyl (C=O) groups is 2. The minimum atomic E-state index is -0.388. The van der Waals surface area contributed by atoms with Gasteiger partial charge in [-0.15, -0.1) is 0 Å². The normalized spacial score (nSPS) is 10.0. The van der Waals surface area contributed by atoms with Gasteiger partial charge in [-0.25, -0.2) is 4.98 Å². The third kappa shape index (κ3) is 3.41. The molecule has 0 saturated carbocycles. The minimum Gasteiger partial charge on any atom is -0.436 e. The van der Waals surface area contributed by atoms with Gasteiger partial charge in [0.05, 0.1) is 6.20 Å². The molecule has 1 aromatic heterocycles. The van der Waals surface area contributed by atoms with Gasteiger partial charge in [0.2, 0.25) is 11.7 Å². The van der Waals surface area contributed by atoms with Crippen LogP contribution in [0.4, 0.5) is 11.4 Å². The second-order valence-corrected chi connectivity index (χ2v) is 3.96. The highest BCUT2D eigenvalue weighted by atomic mass is 16.4. The highest BCUT2D eigenvalue weighted by Crippen LogP contribution is 2.16. The van der Waals surface area contributed by atoms with E-state index in [1.54, 1.807) is 31.2 Å². The maximum Gasteiger partial charge on any atom is 0.293 e. The van der Waals surface area contributed by atoms with Gasteiger partial charge >= 0.3 is 0 Å². The molecule has 0 aliphatic carbocycles. The smallest absolute Gasteiger partial charge is 0.293 e. The summed E-state index contributed by atoms with van der Waals surface area (Å²) < 4.78 is 5.12. The molecule has 6 nitrogen and oxygen atoms in total. The molecular weight excluding hydrogens is 246 g/mol. The van der Waals surface area contributed by atoms with Crippen LogP contribution in [0.25, 0.3) is 0 Å². The fraction of sp³-hybridized carbons (Fsp3) is 0.154. The van der Waals surface area contributed by atoms with Crippen molar-refractivity contribution in [1.82, 2.24) is 4.98 Å². The Bertz CT molecular complexity index is 619. The van der Waals surface area contributed by atoms with E-state index in [0.717, 1.165) is 0 Å². The number of nitrogens with one attached hydrogen (secondary N) is 2. The summed E-state index contributed by atoms with van der Waals surface area (Å²) in [6.45, 7) is 3.08. The Hall–Kier alpha value is -2.63. The van der Waals surface area contributed by atoms with E-state index in [1.165, 1.54) is 13.1 Å². The van der Waals surface area contributed by atoms with E-state index < -0.39 is 0 Å². The van der Waals surface area contributed by atoms with Crippen LogP contribution in [-0.4, -0.2) is 16.8 Å². The van der Waals surface area contributed by atoms with Crippen LogP contribution in [0.2, 0.25) is 0 Å². The minimum absolute atomic E-state index is 0.141. The van der Waals surface area contributed by atoms with Gasteiger partial charge < -0.3 is 15.1 Å². The zero-order valence-electron chi connectivity index (χ0n) is 10.6. The predicted molar refractivity (Wildman–Crippen MR) is 69.9 cm³/mol. The van der Waals surface area contributed by atoms with Crippen molar-refractivity contribution < 1.29 is 14.0 Å². The Morgan fingerprint density at radius 2 is 1.89 bits per heavy atom. The van der Waals surface area contributed by atoms with E-state index in [-0.39, 0.29) is 17.6 Å². The standard InChI is InChI=1S/C13H13N3O3/c1-8(17)15-10-4-3-5-11(6-10)16-13(18)12-7-14-9(2)19-12/h3-7H,1-2H3,(H,15,17)(H,16,18). The fourth-order valence-corrected chi connectivity index (χ4v) is 1.54. The lowest BCUT2D eigenvalue weighted by Gasteiger charge is -2.06. The Morgan fingerprint density at radius 3 is 2.47 bits per heavy atom. The monoisotopic (exact) mass is 259 g/mol. The Labute approximate surface area is 109 Å². The largest absolute Gasteiger partial charge is 0.436 e. The quantitative estimate of drug-likeness (QED) is 0.884. The van der Waals surface area contributed by atoms with Crippen LogP contribution in [0, 0.1) is 6.92 Å². The molecule has 0 unspecified atom stereocenters. The van der Waals surface area contributed by atoms with Gasteiger partial charge in [0.25, 0.3) is 5.91 Å². The fourth-order valence-electron chi connectivity index (χ4n) is 1.54. The summed E-state index contributed by atoms with van der Waals surface area (Å²) in [4.78, 5) is 26.6. The average Bonchev–Trinajstić information content (AvgIpc) is 2.75. The number of aryl methyl sites for hydroxylation is 1. The molecule has 0 atom stereocenters. The topological polar surface area (TPSA) is 84.2 Å². The molecule has 0 saturated heterocycles. The Balaban J connectivity index is 2.10. The van der Waals surface area contributed by atoms with Gasteiger partial charge in [0.15, 0.2) is 5.89 Å². The predicted octanol–water partition coefficient (Wildman–Crippen LogP) is 2.19. The van der Waals surface area contributed by atoms with Gasteiger partial charge in [-0.2, -0.15) is 0 Å². The van der Waals surface area contributed by atoms with Crippen molar-refractivity contribution in [3.05, 3.63) is 42.1 Å². The van der Waals surface area contributed by atoms with Crippen molar-refractivity contribution in [3.8, 4) is 0 Å². The number of oxazole rings is 1. The summed E-state index contributed by atoms with van der Waals surface area (Å²) in [6, 6.07) is 6.83. The molecule has 2 rings (SSSR count). The summed E-state index contributed by atoms with van der Waals surface area (Å²) in [5.74, 6) is 0.00879. The van der Waals surface area contributed by atoms with Crippen molar-refractivity contribution in [3.63, 3.8) is 0 Å². The Kier molecular flexibility index (Phi) is 3.61. The average molecular weight is 259 g/mol. The number of amides is 2. The van der Waals surface area contributed by atoms with Crippen LogP contribution in [0.5, 0.6) is 0 Å². The van der Waals surface area contributed by atoms with Crippen LogP contribution in [-0.2, 0) is 4.79 Å². The SMILES string of the molecule is CC(=O)Nc1cccc(NC(=O)c2cnc(C)o2)c1.